The number of nitrogen functional groups attached to an aromatic ring is 1. The molecule has 0 aliphatic heterocycles. The molecule has 0 aromatic carbocycles. The number of rotatable bonds is 6. The van der Waals surface area contributed by atoms with E-state index in [1.54, 1.807) is 4.57 Å². The first kappa shape index (κ1) is 14.7. The molecule has 0 saturated heterocycles. The summed E-state index contributed by atoms with van der Waals surface area (Å²) < 4.78 is 3.72. The lowest BCUT2D eigenvalue weighted by atomic mass is 10.2. The van der Waals surface area contributed by atoms with Crippen LogP contribution in [0.3, 0.4) is 0 Å². The van der Waals surface area contributed by atoms with E-state index < -0.39 is 0 Å². The monoisotopic (exact) mass is 301 g/mol. The summed E-state index contributed by atoms with van der Waals surface area (Å²) in [5.74, 6) is 0. The Hall–Kier alpha value is -2.24. The Morgan fingerprint density at radius 2 is 2.05 bits per heavy atom. The Bertz CT molecular complexity index is 855. The highest BCUT2D eigenvalue weighted by Gasteiger charge is 2.16. The zero-order valence-corrected chi connectivity index (χ0v) is 13.2. The second kappa shape index (κ2) is 5.87. The van der Waals surface area contributed by atoms with Gasteiger partial charge >= 0.3 is 0 Å². The van der Waals surface area contributed by atoms with Crippen LogP contribution < -0.4 is 11.3 Å². The fourth-order valence-electron chi connectivity index (χ4n) is 2.94. The van der Waals surface area contributed by atoms with E-state index in [1.807, 2.05) is 24.0 Å². The molecule has 118 valence electrons. The second-order valence-corrected chi connectivity index (χ2v) is 5.78. The second-order valence-electron chi connectivity index (χ2n) is 5.78. The van der Waals surface area contributed by atoms with Crippen LogP contribution in [0.15, 0.2) is 17.2 Å². The van der Waals surface area contributed by atoms with Crippen LogP contribution in [0.5, 0.6) is 0 Å². The largest absolute Gasteiger partial charge is 0.397 e. The molecule has 3 aromatic heterocycles. The van der Waals surface area contributed by atoms with E-state index >= 15 is 0 Å². The summed E-state index contributed by atoms with van der Waals surface area (Å²) in [5, 5.41) is 4.57. The van der Waals surface area contributed by atoms with Gasteiger partial charge in [0.25, 0.3) is 5.56 Å². The number of anilines is 1. The molecule has 3 rings (SSSR count). The summed E-state index contributed by atoms with van der Waals surface area (Å²) >= 11 is 0. The fraction of sp³-hybridized carbons (Fsp3) is 0.500. The molecule has 6 heteroatoms. The smallest absolute Gasteiger partial charge is 0.262 e. The molecule has 6 nitrogen and oxygen atoms in total. The first-order chi connectivity index (χ1) is 10.7. The van der Waals surface area contributed by atoms with Crippen molar-refractivity contribution in [2.75, 3.05) is 5.73 Å². The zero-order chi connectivity index (χ0) is 15.7. The number of pyridine rings is 1. The molecule has 0 aliphatic rings. The number of nitrogens with two attached hydrogens (primary N) is 1. The molecule has 0 saturated carbocycles. The number of hydrogen-bond donors (Lipinski definition) is 2. The lowest BCUT2D eigenvalue weighted by Gasteiger charge is -2.04. The maximum absolute atomic E-state index is 12.4. The maximum atomic E-state index is 12.4. The van der Waals surface area contributed by atoms with Crippen molar-refractivity contribution in [3.63, 3.8) is 0 Å². The van der Waals surface area contributed by atoms with E-state index in [1.165, 1.54) is 12.8 Å². The topological polar surface area (TPSA) is 81.6 Å². The van der Waals surface area contributed by atoms with Crippen LogP contribution in [-0.2, 0) is 13.1 Å². The van der Waals surface area contributed by atoms with Gasteiger partial charge in [0.2, 0.25) is 0 Å². The summed E-state index contributed by atoms with van der Waals surface area (Å²) in [6.45, 7) is 5.81. The van der Waals surface area contributed by atoms with Gasteiger partial charge in [-0.1, -0.05) is 26.7 Å². The summed E-state index contributed by atoms with van der Waals surface area (Å²) in [7, 11) is 0. The Balaban J connectivity index is 2.14. The van der Waals surface area contributed by atoms with Gasteiger partial charge in [-0.3, -0.25) is 9.48 Å². The fourth-order valence-corrected chi connectivity index (χ4v) is 2.94. The molecule has 3 heterocycles. The van der Waals surface area contributed by atoms with Crippen LogP contribution >= 0.6 is 0 Å². The van der Waals surface area contributed by atoms with Crippen LogP contribution in [0.2, 0.25) is 0 Å². The standard InChI is InChI=1S/C16H23N5O/c1-3-5-6-8-21-15-11(9-18-21)14(17)13-12(19-15)10-20(7-4-2)16(13)22/h9-10,18H,3-8,17H2,1-2H3. The number of aromatic nitrogens is 4. The highest BCUT2D eigenvalue weighted by molar-refractivity contribution is 6.05. The van der Waals surface area contributed by atoms with Crippen molar-refractivity contribution in [3.05, 3.63) is 22.7 Å². The minimum absolute atomic E-state index is 0.0394. The van der Waals surface area contributed by atoms with E-state index in [0.29, 0.717) is 23.1 Å². The number of aromatic amines is 1. The van der Waals surface area contributed by atoms with Crippen molar-refractivity contribution in [3.8, 4) is 0 Å². The Morgan fingerprint density at radius 3 is 2.77 bits per heavy atom. The molecule has 0 amide bonds. The third kappa shape index (κ3) is 2.28. The van der Waals surface area contributed by atoms with Crippen molar-refractivity contribution in [1.29, 1.82) is 0 Å². The molecular weight excluding hydrogens is 278 g/mol. The van der Waals surface area contributed by atoms with Gasteiger partial charge in [0, 0.05) is 25.5 Å². The van der Waals surface area contributed by atoms with E-state index in [4.69, 9.17) is 5.73 Å². The van der Waals surface area contributed by atoms with Crippen LogP contribution in [-0.4, -0.2) is 19.3 Å². The first-order valence-corrected chi connectivity index (χ1v) is 8.03. The van der Waals surface area contributed by atoms with E-state index in [-0.39, 0.29) is 5.56 Å². The molecular formula is C16H23N5O. The zero-order valence-electron chi connectivity index (χ0n) is 13.2. The Morgan fingerprint density at radius 1 is 1.23 bits per heavy atom. The van der Waals surface area contributed by atoms with Crippen LogP contribution in [0, 0.1) is 0 Å². The molecule has 0 spiro atoms. The summed E-state index contributed by atoms with van der Waals surface area (Å²) in [5.41, 5.74) is 8.26. The highest BCUT2D eigenvalue weighted by atomic mass is 16.1. The molecule has 0 fully saturated rings. The van der Waals surface area contributed by atoms with Gasteiger partial charge < -0.3 is 15.4 Å². The summed E-state index contributed by atoms with van der Waals surface area (Å²) in [6, 6.07) is 0. The van der Waals surface area contributed by atoms with Gasteiger partial charge in [-0.15, -0.1) is 0 Å². The number of hydrogen-bond acceptors (Lipinski definition) is 3. The molecule has 3 N–H and O–H groups in total. The number of nitrogens with zero attached hydrogens (tertiary/aromatic N) is 3. The molecule has 0 atom stereocenters. The Kier molecular flexibility index (Phi) is 3.92. The van der Waals surface area contributed by atoms with Gasteiger partial charge in [0.15, 0.2) is 5.65 Å². The van der Waals surface area contributed by atoms with E-state index in [2.05, 4.69) is 17.0 Å². The number of H-pyrrole nitrogens is 1. The highest BCUT2D eigenvalue weighted by Crippen LogP contribution is 2.26. The van der Waals surface area contributed by atoms with Crippen molar-refractivity contribution in [1.82, 2.24) is 19.3 Å². The van der Waals surface area contributed by atoms with Crippen molar-refractivity contribution < 1.29 is 0 Å². The van der Waals surface area contributed by atoms with Gasteiger partial charge in [0.1, 0.15) is 0 Å². The minimum atomic E-state index is -0.0394. The van der Waals surface area contributed by atoms with Crippen LogP contribution in [0.4, 0.5) is 5.69 Å². The number of unbranched alkanes of at least 4 members (excludes halogenated alkanes) is 2. The third-order valence-electron chi connectivity index (χ3n) is 4.11. The van der Waals surface area contributed by atoms with E-state index in [9.17, 15) is 4.79 Å². The number of aryl methyl sites for hydroxylation is 2. The number of nitrogens with one attached hydrogen (secondary N) is 1. The Labute approximate surface area is 128 Å². The maximum Gasteiger partial charge on any atom is 0.262 e. The molecule has 0 unspecified atom stereocenters. The average molecular weight is 301 g/mol. The molecule has 0 radical (unpaired) electrons. The van der Waals surface area contributed by atoms with Gasteiger partial charge in [0.05, 0.1) is 22.0 Å². The summed E-state index contributed by atoms with van der Waals surface area (Å²) in [6.07, 6.45) is 8.04. The quantitative estimate of drug-likeness (QED) is 0.687. The van der Waals surface area contributed by atoms with Crippen molar-refractivity contribution in [2.24, 2.45) is 0 Å². The van der Waals surface area contributed by atoms with Crippen molar-refractivity contribution >= 4 is 27.6 Å². The predicted octanol–water partition coefficient (Wildman–Crippen LogP) is 2.86. The van der Waals surface area contributed by atoms with Crippen molar-refractivity contribution in [2.45, 2.75) is 52.6 Å². The minimum Gasteiger partial charge on any atom is -0.397 e. The normalized spacial score (nSPS) is 11.7. The lowest BCUT2D eigenvalue weighted by molar-refractivity contribution is 0.564. The van der Waals surface area contributed by atoms with Crippen LogP contribution in [0.25, 0.3) is 21.9 Å². The summed E-state index contributed by atoms with van der Waals surface area (Å²) in [4.78, 5) is 17.1. The third-order valence-corrected chi connectivity index (χ3v) is 4.11. The molecule has 0 aliphatic carbocycles. The first-order valence-electron chi connectivity index (χ1n) is 8.03. The molecule has 0 bridgehead atoms. The van der Waals surface area contributed by atoms with E-state index in [0.717, 1.165) is 30.4 Å². The SMILES string of the molecule is CCCCCn1[nH]cc2c(N)c3c(=O)n(CCC)cc3nc21. The number of fused-ring (bicyclic) bond motifs is 2. The predicted molar refractivity (Wildman–Crippen MR) is 90.1 cm³/mol. The molecule has 3 aromatic rings. The van der Waals surface area contributed by atoms with Gasteiger partial charge in [-0.25, -0.2) is 4.98 Å². The average Bonchev–Trinajstić information content (AvgIpc) is 3.03. The lowest BCUT2D eigenvalue weighted by Crippen LogP contribution is -2.14. The molecule has 22 heavy (non-hydrogen) atoms. The van der Waals surface area contributed by atoms with Crippen LogP contribution in [0.1, 0.15) is 39.5 Å². The van der Waals surface area contributed by atoms with Gasteiger partial charge in [-0.05, 0) is 12.8 Å². The van der Waals surface area contributed by atoms with Gasteiger partial charge in [-0.2, -0.15) is 0 Å².